The van der Waals surface area contributed by atoms with Crippen LogP contribution in [0.25, 0.3) is 16.8 Å². The second kappa shape index (κ2) is 4.70. The molecule has 0 spiro atoms. The Labute approximate surface area is 98.6 Å². The van der Waals surface area contributed by atoms with E-state index in [1.165, 1.54) is 21.9 Å². The molecule has 0 atom stereocenters. The number of hydrogen-bond donors (Lipinski definition) is 2. The quantitative estimate of drug-likeness (QED) is 0.723. The van der Waals surface area contributed by atoms with Gasteiger partial charge in [0, 0.05) is 0 Å². The van der Waals surface area contributed by atoms with Gasteiger partial charge < -0.3 is 10.2 Å². The number of benzene rings is 2. The summed E-state index contributed by atoms with van der Waals surface area (Å²) >= 11 is 0. The van der Waals surface area contributed by atoms with Crippen LogP contribution in [0.15, 0.2) is 42.5 Å². The standard InChI is InChI=1S/C13H10.CH2O3/c1-4-10-6-2-8-12-9-3-7-11(5-1)13(10)12;2-1(3)4/h1-8H,9H2;(H2,2,3,4). The van der Waals surface area contributed by atoms with Crippen LogP contribution in [-0.4, -0.2) is 16.4 Å². The Morgan fingerprint density at radius 3 is 2.41 bits per heavy atom. The Kier molecular flexibility index (Phi) is 3.10. The lowest BCUT2D eigenvalue weighted by Crippen LogP contribution is -1.91. The average Bonchev–Trinajstić information content (AvgIpc) is 2.30. The number of rotatable bonds is 0. The van der Waals surface area contributed by atoms with Gasteiger partial charge in [0.15, 0.2) is 0 Å². The van der Waals surface area contributed by atoms with Crippen molar-refractivity contribution in [2.75, 3.05) is 0 Å². The Balaban J connectivity index is 0.000000239. The van der Waals surface area contributed by atoms with Crippen LogP contribution in [0, 0.1) is 0 Å². The highest BCUT2D eigenvalue weighted by atomic mass is 16.6. The summed E-state index contributed by atoms with van der Waals surface area (Å²) < 4.78 is 0. The monoisotopic (exact) mass is 228 g/mol. The molecule has 17 heavy (non-hydrogen) atoms. The second-order valence-corrected chi connectivity index (χ2v) is 3.75. The van der Waals surface area contributed by atoms with E-state index >= 15 is 0 Å². The van der Waals surface area contributed by atoms with Gasteiger partial charge in [-0.3, -0.25) is 0 Å². The number of allylic oxidation sites excluding steroid dienone is 1. The molecule has 0 aromatic heterocycles. The van der Waals surface area contributed by atoms with Gasteiger partial charge in [-0.15, -0.1) is 0 Å². The summed E-state index contributed by atoms with van der Waals surface area (Å²) in [4.78, 5) is 8.56. The zero-order chi connectivity index (χ0) is 12.3. The van der Waals surface area contributed by atoms with Gasteiger partial charge in [-0.1, -0.05) is 48.6 Å². The van der Waals surface area contributed by atoms with Crippen molar-refractivity contribution >= 4 is 23.0 Å². The number of carbonyl (C=O) groups is 1. The molecule has 0 saturated heterocycles. The van der Waals surface area contributed by atoms with E-state index in [2.05, 4.69) is 48.6 Å². The van der Waals surface area contributed by atoms with Crippen molar-refractivity contribution in [1.29, 1.82) is 0 Å². The molecule has 0 aliphatic heterocycles. The molecule has 3 heteroatoms. The number of hydrogen-bond acceptors (Lipinski definition) is 1. The SMILES string of the molecule is C1=Cc2cccc3cccc(c23)C1.O=C(O)O. The minimum atomic E-state index is -1.83. The largest absolute Gasteiger partial charge is 0.503 e. The molecule has 86 valence electrons. The first-order chi connectivity index (χ1) is 8.18. The van der Waals surface area contributed by atoms with Gasteiger partial charge in [0.1, 0.15) is 0 Å². The van der Waals surface area contributed by atoms with Crippen LogP contribution in [0.3, 0.4) is 0 Å². The van der Waals surface area contributed by atoms with Gasteiger partial charge in [-0.2, -0.15) is 0 Å². The molecule has 1 aliphatic rings. The molecule has 0 fully saturated rings. The van der Waals surface area contributed by atoms with E-state index in [-0.39, 0.29) is 0 Å². The Hall–Kier alpha value is -2.29. The Morgan fingerprint density at radius 1 is 1.06 bits per heavy atom. The summed E-state index contributed by atoms with van der Waals surface area (Å²) in [5, 5.41) is 16.7. The maximum atomic E-state index is 8.56. The molecule has 0 amide bonds. The molecule has 2 N–H and O–H groups in total. The van der Waals surface area contributed by atoms with Crippen molar-refractivity contribution in [2.45, 2.75) is 6.42 Å². The molecule has 3 rings (SSSR count). The highest BCUT2D eigenvalue weighted by Crippen LogP contribution is 2.27. The van der Waals surface area contributed by atoms with Gasteiger partial charge in [0.2, 0.25) is 0 Å². The van der Waals surface area contributed by atoms with E-state index in [9.17, 15) is 0 Å². The van der Waals surface area contributed by atoms with Gasteiger partial charge >= 0.3 is 6.16 Å². The average molecular weight is 228 g/mol. The minimum absolute atomic E-state index is 1.08. The first-order valence-electron chi connectivity index (χ1n) is 5.27. The predicted octanol–water partition coefficient (Wildman–Crippen LogP) is 3.63. The number of carboxylic acid groups (broad SMARTS) is 2. The summed E-state index contributed by atoms with van der Waals surface area (Å²) in [5.74, 6) is 0. The summed E-state index contributed by atoms with van der Waals surface area (Å²) in [6.45, 7) is 0. The molecule has 0 heterocycles. The normalized spacial score (nSPS) is 11.8. The summed E-state index contributed by atoms with van der Waals surface area (Å²) in [7, 11) is 0. The summed E-state index contributed by atoms with van der Waals surface area (Å²) in [6.07, 6.45) is 3.70. The third-order valence-corrected chi connectivity index (χ3v) is 2.66. The zero-order valence-corrected chi connectivity index (χ0v) is 9.13. The second-order valence-electron chi connectivity index (χ2n) is 3.75. The fourth-order valence-electron chi connectivity index (χ4n) is 2.07. The Bertz CT molecular complexity index is 576. The molecule has 1 aliphatic carbocycles. The fourth-order valence-corrected chi connectivity index (χ4v) is 2.07. The van der Waals surface area contributed by atoms with E-state index in [0.29, 0.717) is 0 Å². The van der Waals surface area contributed by atoms with Crippen molar-refractivity contribution in [3.63, 3.8) is 0 Å². The van der Waals surface area contributed by atoms with Gasteiger partial charge in [-0.05, 0) is 28.3 Å². The topological polar surface area (TPSA) is 57.5 Å². The lowest BCUT2D eigenvalue weighted by atomic mass is 9.93. The summed E-state index contributed by atoms with van der Waals surface area (Å²) in [5.41, 5.74) is 2.81. The lowest BCUT2D eigenvalue weighted by Gasteiger charge is -2.11. The van der Waals surface area contributed by atoms with Crippen LogP contribution in [-0.2, 0) is 6.42 Å². The third-order valence-electron chi connectivity index (χ3n) is 2.66. The van der Waals surface area contributed by atoms with Crippen molar-refractivity contribution in [1.82, 2.24) is 0 Å². The molecular formula is C14H12O3. The van der Waals surface area contributed by atoms with Crippen molar-refractivity contribution in [3.8, 4) is 0 Å². The van der Waals surface area contributed by atoms with Crippen LogP contribution < -0.4 is 0 Å². The van der Waals surface area contributed by atoms with E-state index < -0.39 is 6.16 Å². The van der Waals surface area contributed by atoms with Crippen molar-refractivity contribution in [3.05, 3.63) is 53.6 Å². The van der Waals surface area contributed by atoms with Crippen LogP contribution >= 0.6 is 0 Å². The smallest absolute Gasteiger partial charge is 0.450 e. The van der Waals surface area contributed by atoms with Gasteiger partial charge in [-0.25, -0.2) is 4.79 Å². The molecule has 0 bridgehead atoms. The first kappa shape index (κ1) is 11.2. The Morgan fingerprint density at radius 2 is 1.71 bits per heavy atom. The van der Waals surface area contributed by atoms with E-state index in [1.807, 2.05) is 0 Å². The van der Waals surface area contributed by atoms with Crippen molar-refractivity contribution in [2.24, 2.45) is 0 Å². The third kappa shape index (κ3) is 2.45. The molecule has 0 radical (unpaired) electrons. The van der Waals surface area contributed by atoms with Gasteiger partial charge in [0.05, 0.1) is 0 Å². The van der Waals surface area contributed by atoms with Crippen LogP contribution in [0.5, 0.6) is 0 Å². The molecule has 0 saturated carbocycles. The summed E-state index contributed by atoms with van der Waals surface area (Å²) in [6, 6.07) is 13.0. The maximum absolute atomic E-state index is 8.56. The van der Waals surface area contributed by atoms with Crippen LogP contribution in [0.2, 0.25) is 0 Å². The van der Waals surface area contributed by atoms with Crippen LogP contribution in [0.1, 0.15) is 11.1 Å². The van der Waals surface area contributed by atoms with E-state index in [0.717, 1.165) is 6.42 Å². The van der Waals surface area contributed by atoms with E-state index in [4.69, 9.17) is 15.0 Å². The van der Waals surface area contributed by atoms with Gasteiger partial charge in [0.25, 0.3) is 0 Å². The first-order valence-corrected chi connectivity index (χ1v) is 5.27. The fraction of sp³-hybridized carbons (Fsp3) is 0.0714. The lowest BCUT2D eigenvalue weighted by molar-refractivity contribution is 0.137. The highest BCUT2D eigenvalue weighted by molar-refractivity contribution is 5.94. The molecule has 3 nitrogen and oxygen atoms in total. The van der Waals surface area contributed by atoms with Crippen molar-refractivity contribution < 1.29 is 15.0 Å². The highest BCUT2D eigenvalue weighted by Gasteiger charge is 2.06. The minimum Gasteiger partial charge on any atom is -0.450 e. The molecule has 0 unspecified atom stereocenters. The molecule has 2 aromatic rings. The molecule has 2 aromatic carbocycles. The predicted molar refractivity (Wildman–Crippen MR) is 67.3 cm³/mol. The van der Waals surface area contributed by atoms with Crippen LogP contribution in [0.4, 0.5) is 4.79 Å². The molecular weight excluding hydrogens is 216 g/mol. The zero-order valence-electron chi connectivity index (χ0n) is 9.13. The van der Waals surface area contributed by atoms with E-state index in [1.54, 1.807) is 0 Å². The maximum Gasteiger partial charge on any atom is 0.503 e.